The lowest BCUT2D eigenvalue weighted by atomic mass is 9.92. The smallest absolute Gasteiger partial charge is 0.325 e. The number of nitrogens with one attached hydrogen (secondary N) is 1. The van der Waals surface area contributed by atoms with Crippen LogP contribution in [0.5, 0.6) is 5.75 Å². The van der Waals surface area contributed by atoms with E-state index in [9.17, 15) is 14.4 Å². The molecule has 0 bridgehead atoms. The fraction of sp³-hybridized carbons (Fsp3) is 0.438. The molecule has 1 aliphatic heterocycles. The number of hydrogen-bond donors (Lipinski definition) is 2. The number of aliphatic carboxylic acids is 1. The summed E-state index contributed by atoms with van der Waals surface area (Å²) in [7, 11) is 3.20. The molecule has 0 aromatic heterocycles. The SMILES string of the molecule is COc1ccc([C@@H]2[C@@H](C(=O)N[C@@H](C)C(=O)O)CC(=O)N2C)cc1. The molecule has 1 saturated heterocycles. The van der Waals surface area contributed by atoms with Gasteiger partial charge < -0.3 is 20.1 Å². The molecule has 1 aliphatic rings. The van der Waals surface area contributed by atoms with Crippen LogP contribution in [-0.4, -0.2) is 48.0 Å². The van der Waals surface area contributed by atoms with Crippen molar-refractivity contribution in [2.24, 2.45) is 5.92 Å². The van der Waals surface area contributed by atoms with Gasteiger partial charge in [-0.3, -0.25) is 14.4 Å². The molecule has 2 N–H and O–H groups in total. The maximum absolute atomic E-state index is 12.4. The Hall–Kier alpha value is -2.57. The van der Waals surface area contributed by atoms with Gasteiger partial charge in [0.1, 0.15) is 11.8 Å². The van der Waals surface area contributed by atoms with E-state index in [1.807, 2.05) is 0 Å². The van der Waals surface area contributed by atoms with Crippen molar-refractivity contribution < 1.29 is 24.2 Å². The highest BCUT2D eigenvalue weighted by atomic mass is 16.5. The van der Waals surface area contributed by atoms with Crippen molar-refractivity contribution in [3.05, 3.63) is 29.8 Å². The molecule has 124 valence electrons. The molecule has 2 rings (SSSR count). The van der Waals surface area contributed by atoms with Crippen LogP contribution < -0.4 is 10.1 Å². The molecule has 0 unspecified atom stereocenters. The van der Waals surface area contributed by atoms with Crippen LogP contribution in [0.1, 0.15) is 24.9 Å². The standard InChI is InChI=1S/C16H20N2O5/c1-9(16(21)22)17-15(20)12-8-13(19)18(2)14(12)10-4-6-11(23-3)7-5-10/h4-7,9,12,14H,8H2,1-3H3,(H,17,20)(H,21,22)/t9-,12-,14+/m0/s1. The van der Waals surface area contributed by atoms with E-state index in [2.05, 4.69) is 5.32 Å². The van der Waals surface area contributed by atoms with Crippen molar-refractivity contribution in [3.63, 3.8) is 0 Å². The van der Waals surface area contributed by atoms with Crippen molar-refractivity contribution in [1.29, 1.82) is 0 Å². The molecule has 2 amide bonds. The van der Waals surface area contributed by atoms with Crippen LogP contribution in [0.3, 0.4) is 0 Å². The van der Waals surface area contributed by atoms with Crippen LogP contribution in [0.15, 0.2) is 24.3 Å². The van der Waals surface area contributed by atoms with Crippen LogP contribution >= 0.6 is 0 Å². The van der Waals surface area contributed by atoms with Crippen LogP contribution in [-0.2, 0) is 14.4 Å². The van der Waals surface area contributed by atoms with Gasteiger partial charge in [0.2, 0.25) is 11.8 Å². The van der Waals surface area contributed by atoms with Gasteiger partial charge in [-0.25, -0.2) is 0 Å². The number of nitrogens with zero attached hydrogens (tertiary/aromatic N) is 1. The number of amides is 2. The lowest BCUT2D eigenvalue weighted by molar-refractivity contribution is -0.142. The molecule has 1 aromatic carbocycles. The van der Waals surface area contributed by atoms with Gasteiger partial charge >= 0.3 is 5.97 Å². The first-order chi connectivity index (χ1) is 10.8. The lowest BCUT2D eigenvalue weighted by Crippen LogP contribution is -2.43. The highest BCUT2D eigenvalue weighted by molar-refractivity contribution is 5.92. The molecule has 1 aromatic rings. The van der Waals surface area contributed by atoms with Gasteiger partial charge in [0, 0.05) is 13.5 Å². The number of benzene rings is 1. The second kappa shape index (κ2) is 6.68. The third kappa shape index (κ3) is 3.44. The highest BCUT2D eigenvalue weighted by Gasteiger charge is 2.43. The minimum Gasteiger partial charge on any atom is -0.497 e. The minimum absolute atomic E-state index is 0.0609. The molecule has 7 nitrogen and oxygen atoms in total. The molecule has 0 aliphatic carbocycles. The van der Waals surface area contributed by atoms with Gasteiger partial charge in [-0.1, -0.05) is 12.1 Å². The monoisotopic (exact) mass is 320 g/mol. The average molecular weight is 320 g/mol. The second-order valence-corrected chi connectivity index (χ2v) is 5.60. The topological polar surface area (TPSA) is 95.9 Å². The normalized spacial score (nSPS) is 21.9. The molecule has 1 heterocycles. The summed E-state index contributed by atoms with van der Waals surface area (Å²) in [6, 6.07) is 5.72. The number of carboxylic acids is 1. The van der Waals surface area contributed by atoms with E-state index in [1.165, 1.54) is 11.8 Å². The summed E-state index contributed by atoms with van der Waals surface area (Å²) in [5.41, 5.74) is 0.808. The fourth-order valence-electron chi connectivity index (χ4n) is 2.74. The van der Waals surface area contributed by atoms with Gasteiger partial charge in [0.25, 0.3) is 0 Å². The first kappa shape index (κ1) is 16.8. The summed E-state index contributed by atoms with van der Waals surface area (Å²) in [6.07, 6.45) is 0.0609. The Bertz CT molecular complexity index is 613. The zero-order valence-corrected chi connectivity index (χ0v) is 13.3. The van der Waals surface area contributed by atoms with E-state index < -0.39 is 29.9 Å². The highest BCUT2D eigenvalue weighted by Crippen LogP contribution is 2.37. The molecule has 0 radical (unpaired) electrons. The Morgan fingerprint density at radius 2 is 1.96 bits per heavy atom. The molecule has 3 atom stereocenters. The van der Waals surface area contributed by atoms with Gasteiger partial charge in [0.15, 0.2) is 0 Å². The van der Waals surface area contributed by atoms with Gasteiger partial charge in [-0.15, -0.1) is 0 Å². The molecule has 7 heteroatoms. The molecule has 0 spiro atoms. The van der Waals surface area contributed by atoms with Crippen molar-refractivity contribution in [2.75, 3.05) is 14.2 Å². The quantitative estimate of drug-likeness (QED) is 0.837. The molecule has 23 heavy (non-hydrogen) atoms. The van der Waals surface area contributed by atoms with Crippen LogP contribution in [0, 0.1) is 5.92 Å². The number of carboxylic acid groups (broad SMARTS) is 1. The second-order valence-electron chi connectivity index (χ2n) is 5.60. The molecule has 0 saturated carbocycles. The number of carbonyl (C=O) groups excluding carboxylic acids is 2. The number of hydrogen-bond acceptors (Lipinski definition) is 4. The summed E-state index contributed by atoms with van der Waals surface area (Å²) in [6.45, 7) is 1.39. The summed E-state index contributed by atoms with van der Waals surface area (Å²) in [5, 5.41) is 11.4. The van der Waals surface area contributed by atoms with Crippen molar-refractivity contribution in [1.82, 2.24) is 10.2 Å². The predicted octanol–water partition coefficient (Wildman–Crippen LogP) is 0.804. The maximum Gasteiger partial charge on any atom is 0.325 e. The Balaban J connectivity index is 2.24. The lowest BCUT2D eigenvalue weighted by Gasteiger charge is -2.25. The fourth-order valence-corrected chi connectivity index (χ4v) is 2.74. The van der Waals surface area contributed by atoms with Crippen LogP contribution in [0.2, 0.25) is 0 Å². The zero-order chi connectivity index (χ0) is 17.1. The van der Waals surface area contributed by atoms with E-state index in [1.54, 1.807) is 38.4 Å². The van der Waals surface area contributed by atoms with E-state index in [4.69, 9.17) is 9.84 Å². The largest absolute Gasteiger partial charge is 0.497 e. The Morgan fingerprint density at radius 3 is 2.48 bits per heavy atom. The predicted molar refractivity (Wildman–Crippen MR) is 81.9 cm³/mol. The first-order valence-electron chi connectivity index (χ1n) is 7.28. The van der Waals surface area contributed by atoms with Crippen LogP contribution in [0.4, 0.5) is 0 Å². The zero-order valence-electron chi connectivity index (χ0n) is 13.3. The van der Waals surface area contributed by atoms with Gasteiger partial charge in [-0.05, 0) is 24.6 Å². The number of carbonyl (C=O) groups is 3. The van der Waals surface area contributed by atoms with Crippen molar-refractivity contribution >= 4 is 17.8 Å². The molecular formula is C16H20N2O5. The Morgan fingerprint density at radius 1 is 1.35 bits per heavy atom. The maximum atomic E-state index is 12.4. The van der Waals surface area contributed by atoms with Crippen molar-refractivity contribution in [3.8, 4) is 5.75 Å². The molecule has 1 fully saturated rings. The summed E-state index contributed by atoms with van der Waals surface area (Å²) in [5.74, 6) is -1.63. The summed E-state index contributed by atoms with van der Waals surface area (Å²) < 4.78 is 5.11. The van der Waals surface area contributed by atoms with Gasteiger partial charge in [0.05, 0.1) is 19.1 Å². The number of likely N-dealkylation sites (tertiary alicyclic amines) is 1. The number of ether oxygens (including phenoxy) is 1. The van der Waals surface area contributed by atoms with Crippen molar-refractivity contribution in [2.45, 2.75) is 25.4 Å². The summed E-state index contributed by atoms with van der Waals surface area (Å²) >= 11 is 0. The summed E-state index contributed by atoms with van der Waals surface area (Å²) in [4.78, 5) is 36.8. The number of rotatable bonds is 5. The van der Waals surface area contributed by atoms with Gasteiger partial charge in [-0.2, -0.15) is 0 Å². The third-order valence-corrected chi connectivity index (χ3v) is 4.11. The Kier molecular flexibility index (Phi) is 4.88. The third-order valence-electron chi connectivity index (χ3n) is 4.11. The molecular weight excluding hydrogens is 300 g/mol. The van der Waals surface area contributed by atoms with E-state index in [-0.39, 0.29) is 12.3 Å². The minimum atomic E-state index is -1.11. The number of methoxy groups -OCH3 is 1. The van der Waals surface area contributed by atoms with E-state index in [0.717, 1.165) is 5.56 Å². The average Bonchev–Trinajstić information content (AvgIpc) is 2.83. The van der Waals surface area contributed by atoms with Crippen LogP contribution in [0.25, 0.3) is 0 Å². The Labute approximate surface area is 134 Å². The van der Waals surface area contributed by atoms with E-state index in [0.29, 0.717) is 5.75 Å². The van der Waals surface area contributed by atoms with E-state index >= 15 is 0 Å². The first-order valence-corrected chi connectivity index (χ1v) is 7.28.